The molecule has 0 saturated carbocycles. The first-order valence-corrected chi connectivity index (χ1v) is 8.08. The molecule has 1 amide bonds. The maximum atomic E-state index is 12.3. The van der Waals surface area contributed by atoms with E-state index in [2.05, 4.69) is 15.3 Å². The molecular weight excluding hydrogens is 330 g/mol. The van der Waals surface area contributed by atoms with Crippen LogP contribution < -0.4 is 14.8 Å². The Kier molecular flexibility index (Phi) is 5.43. The van der Waals surface area contributed by atoms with Crippen LogP contribution in [0.4, 0.5) is 5.82 Å². The average molecular weight is 349 g/mol. The van der Waals surface area contributed by atoms with Gasteiger partial charge in [0.1, 0.15) is 23.6 Å². The summed E-state index contributed by atoms with van der Waals surface area (Å²) in [4.78, 5) is 20.7. The molecule has 2 aromatic carbocycles. The number of para-hydroxylation sites is 1. The van der Waals surface area contributed by atoms with Crippen molar-refractivity contribution in [2.75, 3.05) is 19.5 Å². The third kappa shape index (κ3) is 4.16. The maximum Gasteiger partial charge on any atom is 0.229 e. The molecule has 0 unspecified atom stereocenters. The van der Waals surface area contributed by atoms with Crippen LogP contribution in [0.25, 0.3) is 11.3 Å². The number of aromatic nitrogens is 2. The first kappa shape index (κ1) is 17.4. The van der Waals surface area contributed by atoms with Gasteiger partial charge in [-0.3, -0.25) is 4.79 Å². The maximum absolute atomic E-state index is 12.3. The molecule has 26 heavy (non-hydrogen) atoms. The van der Waals surface area contributed by atoms with Crippen molar-refractivity contribution >= 4 is 11.7 Å². The SMILES string of the molecule is COc1cccc(CC(=O)Nc2cc(-c3ccccc3OC)ncn2)c1. The largest absolute Gasteiger partial charge is 0.497 e. The zero-order valence-electron chi connectivity index (χ0n) is 14.6. The number of ether oxygens (including phenoxy) is 2. The molecule has 6 nitrogen and oxygen atoms in total. The van der Waals surface area contributed by atoms with Gasteiger partial charge < -0.3 is 14.8 Å². The zero-order valence-corrected chi connectivity index (χ0v) is 14.6. The van der Waals surface area contributed by atoms with E-state index >= 15 is 0 Å². The monoisotopic (exact) mass is 349 g/mol. The Hall–Kier alpha value is -3.41. The fraction of sp³-hybridized carbons (Fsp3) is 0.150. The molecule has 6 heteroatoms. The first-order valence-electron chi connectivity index (χ1n) is 8.08. The van der Waals surface area contributed by atoms with E-state index in [1.807, 2.05) is 48.5 Å². The molecule has 0 radical (unpaired) electrons. The van der Waals surface area contributed by atoms with E-state index in [4.69, 9.17) is 9.47 Å². The molecule has 1 N–H and O–H groups in total. The topological polar surface area (TPSA) is 73.3 Å². The minimum atomic E-state index is -0.164. The van der Waals surface area contributed by atoms with Crippen LogP contribution in [0.15, 0.2) is 60.9 Å². The van der Waals surface area contributed by atoms with Crippen molar-refractivity contribution in [3.05, 3.63) is 66.5 Å². The number of carbonyl (C=O) groups is 1. The summed E-state index contributed by atoms with van der Waals surface area (Å²) in [6, 6.07) is 16.7. The van der Waals surface area contributed by atoms with Gasteiger partial charge in [-0.05, 0) is 29.8 Å². The molecular formula is C20H19N3O3. The smallest absolute Gasteiger partial charge is 0.229 e. The van der Waals surface area contributed by atoms with Gasteiger partial charge in [0.15, 0.2) is 0 Å². The molecule has 0 aliphatic rings. The van der Waals surface area contributed by atoms with E-state index in [1.165, 1.54) is 6.33 Å². The number of nitrogens with zero attached hydrogens (tertiary/aromatic N) is 2. The van der Waals surface area contributed by atoms with E-state index in [0.29, 0.717) is 17.3 Å². The van der Waals surface area contributed by atoms with Gasteiger partial charge in [0.2, 0.25) is 5.91 Å². The standard InChI is InChI=1S/C20H19N3O3/c1-25-15-7-5-6-14(10-15)11-20(24)23-19-12-17(21-13-22-19)16-8-3-4-9-18(16)26-2/h3-10,12-13H,11H2,1-2H3,(H,21,22,23,24). The molecule has 0 bridgehead atoms. The number of hydrogen-bond donors (Lipinski definition) is 1. The molecule has 0 aliphatic heterocycles. The Morgan fingerprint density at radius 1 is 1.00 bits per heavy atom. The van der Waals surface area contributed by atoms with Crippen LogP contribution in [0.5, 0.6) is 11.5 Å². The molecule has 0 atom stereocenters. The minimum absolute atomic E-state index is 0.164. The van der Waals surface area contributed by atoms with Gasteiger partial charge in [0.05, 0.1) is 26.3 Å². The van der Waals surface area contributed by atoms with Gasteiger partial charge in [-0.15, -0.1) is 0 Å². The van der Waals surface area contributed by atoms with Crippen LogP contribution in [0, 0.1) is 0 Å². The predicted octanol–water partition coefficient (Wildman–Crippen LogP) is 3.34. The van der Waals surface area contributed by atoms with Gasteiger partial charge in [0, 0.05) is 11.6 Å². The number of benzene rings is 2. The highest BCUT2D eigenvalue weighted by molar-refractivity contribution is 5.91. The van der Waals surface area contributed by atoms with Crippen molar-refractivity contribution in [3.8, 4) is 22.8 Å². The Labute approximate surface area is 151 Å². The van der Waals surface area contributed by atoms with E-state index in [0.717, 1.165) is 16.9 Å². The number of anilines is 1. The number of amides is 1. The van der Waals surface area contributed by atoms with Crippen molar-refractivity contribution in [1.29, 1.82) is 0 Å². The Morgan fingerprint density at radius 3 is 2.65 bits per heavy atom. The summed E-state index contributed by atoms with van der Waals surface area (Å²) in [5.41, 5.74) is 2.37. The third-order valence-electron chi connectivity index (χ3n) is 3.82. The second kappa shape index (κ2) is 8.11. The van der Waals surface area contributed by atoms with Crippen molar-refractivity contribution in [2.24, 2.45) is 0 Å². The fourth-order valence-electron chi connectivity index (χ4n) is 2.58. The minimum Gasteiger partial charge on any atom is -0.497 e. The zero-order chi connectivity index (χ0) is 18.4. The van der Waals surface area contributed by atoms with Crippen LogP contribution in [0.1, 0.15) is 5.56 Å². The lowest BCUT2D eigenvalue weighted by molar-refractivity contribution is -0.115. The Balaban J connectivity index is 1.75. The number of nitrogens with one attached hydrogen (secondary N) is 1. The van der Waals surface area contributed by atoms with Crippen molar-refractivity contribution in [1.82, 2.24) is 9.97 Å². The molecule has 1 heterocycles. The van der Waals surface area contributed by atoms with E-state index in [-0.39, 0.29) is 12.3 Å². The van der Waals surface area contributed by atoms with Crippen LogP contribution >= 0.6 is 0 Å². The van der Waals surface area contributed by atoms with Crippen molar-refractivity contribution in [2.45, 2.75) is 6.42 Å². The van der Waals surface area contributed by atoms with Gasteiger partial charge in [-0.1, -0.05) is 24.3 Å². The molecule has 0 saturated heterocycles. The van der Waals surface area contributed by atoms with Gasteiger partial charge in [-0.25, -0.2) is 9.97 Å². The van der Waals surface area contributed by atoms with Gasteiger partial charge in [-0.2, -0.15) is 0 Å². The fourth-order valence-corrected chi connectivity index (χ4v) is 2.58. The molecule has 132 valence electrons. The van der Waals surface area contributed by atoms with Crippen LogP contribution in [0.3, 0.4) is 0 Å². The highest BCUT2D eigenvalue weighted by Crippen LogP contribution is 2.28. The molecule has 0 aliphatic carbocycles. The highest BCUT2D eigenvalue weighted by Gasteiger charge is 2.10. The molecule has 3 rings (SSSR count). The summed E-state index contributed by atoms with van der Waals surface area (Å²) in [5, 5.41) is 2.80. The Bertz CT molecular complexity index is 912. The quantitative estimate of drug-likeness (QED) is 0.739. The van der Waals surface area contributed by atoms with E-state index in [9.17, 15) is 4.79 Å². The lowest BCUT2D eigenvalue weighted by atomic mass is 10.1. The van der Waals surface area contributed by atoms with E-state index < -0.39 is 0 Å². The molecule has 0 spiro atoms. The predicted molar refractivity (Wildman–Crippen MR) is 99.3 cm³/mol. The van der Waals surface area contributed by atoms with Crippen LogP contribution in [-0.2, 0) is 11.2 Å². The molecule has 0 fully saturated rings. The van der Waals surface area contributed by atoms with Crippen molar-refractivity contribution in [3.63, 3.8) is 0 Å². The lowest BCUT2D eigenvalue weighted by Crippen LogP contribution is -2.15. The summed E-state index contributed by atoms with van der Waals surface area (Å²) in [6.07, 6.45) is 1.65. The lowest BCUT2D eigenvalue weighted by Gasteiger charge is -2.09. The summed E-state index contributed by atoms with van der Waals surface area (Å²) in [7, 11) is 3.20. The van der Waals surface area contributed by atoms with Crippen LogP contribution in [-0.4, -0.2) is 30.1 Å². The van der Waals surface area contributed by atoms with Crippen molar-refractivity contribution < 1.29 is 14.3 Å². The normalized spacial score (nSPS) is 10.2. The highest BCUT2D eigenvalue weighted by atomic mass is 16.5. The number of carbonyl (C=O) groups excluding carboxylic acids is 1. The number of methoxy groups -OCH3 is 2. The van der Waals surface area contributed by atoms with Gasteiger partial charge in [0.25, 0.3) is 0 Å². The third-order valence-corrected chi connectivity index (χ3v) is 3.82. The number of hydrogen-bond acceptors (Lipinski definition) is 5. The average Bonchev–Trinajstić information content (AvgIpc) is 2.68. The first-order chi connectivity index (χ1) is 12.7. The molecule has 3 aromatic rings. The molecule has 1 aromatic heterocycles. The van der Waals surface area contributed by atoms with Gasteiger partial charge >= 0.3 is 0 Å². The van der Waals surface area contributed by atoms with Crippen LogP contribution in [0.2, 0.25) is 0 Å². The summed E-state index contributed by atoms with van der Waals surface area (Å²) < 4.78 is 10.5. The van der Waals surface area contributed by atoms with E-state index in [1.54, 1.807) is 20.3 Å². The second-order valence-electron chi connectivity index (χ2n) is 5.57. The number of rotatable bonds is 6. The summed E-state index contributed by atoms with van der Waals surface area (Å²) >= 11 is 0. The summed E-state index contributed by atoms with van der Waals surface area (Å²) in [5.74, 6) is 1.70. The Morgan fingerprint density at radius 2 is 1.85 bits per heavy atom. The second-order valence-corrected chi connectivity index (χ2v) is 5.57. The summed E-state index contributed by atoms with van der Waals surface area (Å²) in [6.45, 7) is 0.